The lowest BCUT2D eigenvalue weighted by molar-refractivity contribution is 0.294. The molecule has 128 valence electrons. The van der Waals surface area contributed by atoms with Crippen LogP contribution < -0.4 is 9.47 Å². The van der Waals surface area contributed by atoms with E-state index in [2.05, 4.69) is 28.9 Å². The number of benzene rings is 1. The number of aromatic nitrogens is 4. The van der Waals surface area contributed by atoms with Crippen LogP contribution in [-0.4, -0.2) is 26.7 Å². The van der Waals surface area contributed by atoms with Crippen LogP contribution in [0, 0.1) is 6.92 Å². The van der Waals surface area contributed by atoms with Gasteiger partial charge in [0.2, 0.25) is 0 Å². The van der Waals surface area contributed by atoms with Crippen LogP contribution in [0.15, 0.2) is 30.6 Å². The number of methoxy groups -OCH3 is 1. The van der Waals surface area contributed by atoms with Crippen LogP contribution in [0.1, 0.15) is 23.2 Å². The molecule has 0 aliphatic rings. The molecule has 6 nitrogen and oxygen atoms in total. The van der Waals surface area contributed by atoms with Crippen molar-refractivity contribution in [2.75, 3.05) is 7.11 Å². The van der Waals surface area contributed by atoms with Crippen molar-refractivity contribution in [2.45, 2.75) is 26.9 Å². The Morgan fingerprint density at radius 1 is 1.24 bits per heavy atom. The molecule has 0 unspecified atom stereocenters. The Morgan fingerprint density at radius 3 is 2.88 bits per heavy atom. The van der Waals surface area contributed by atoms with Gasteiger partial charge in [0, 0.05) is 10.9 Å². The number of aryl methyl sites for hydroxylation is 2. The molecular formula is C18H18N4O2S. The predicted octanol–water partition coefficient (Wildman–Crippen LogP) is 3.80. The van der Waals surface area contributed by atoms with E-state index >= 15 is 0 Å². The van der Waals surface area contributed by atoms with Crippen LogP contribution in [0.3, 0.4) is 0 Å². The van der Waals surface area contributed by atoms with Gasteiger partial charge in [-0.05, 0) is 31.0 Å². The SMILES string of the molecule is CCc1c(C)sc2ncn3nc(COc4cccc(OC)c4)nc3c12. The number of rotatable bonds is 5. The second-order valence-electron chi connectivity index (χ2n) is 5.68. The first-order chi connectivity index (χ1) is 12.2. The van der Waals surface area contributed by atoms with E-state index in [1.807, 2.05) is 24.3 Å². The topological polar surface area (TPSA) is 61.5 Å². The maximum Gasteiger partial charge on any atom is 0.189 e. The van der Waals surface area contributed by atoms with E-state index in [1.54, 1.807) is 29.3 Å². The first-order valence-corrected chi connectivity index (χ1v) is 8.90. The number of nitrogens with zero attached hydrogens (tertiary/aromatic N) is 4. The Balaban J connectivity index is 1.68. The molecule has 0 spiro atoms. The Kier molecular flexibility index (Phi) is 4.01. The van der Waals surface area contributed by atoms with Crippen LogP contribution in [0.4, 0.5) is 0 Å². The predicted molar refractivity (Wildman–Crippen MR) is 97.6 cm³/mol. The van der Waals surface area contributed by atoms with Gasteiger partial charge in [-0.1, -0.05) is 13.0 Å². The Labute approximate surface area is 149 Å². The summed E-state index contributed by atoms with van der Waals surface area (Å²) in [7, 11) is 1.63. The maximum atomic E-state index is 5.80. The highest BCUT2D eigenvalue weighted by Gasteiger charge is 2.15. The van der Waals surface area contributed by atoms with Crippen molar-refractivity contribution in [1.82, 2.24) is 19.6 Å². The maximum absolute atomic E-state index is 5.80. The first-order valence-electron chi connectivity index (χ1n) is 8.08. The van der Waals surface area contributed by atoms with Gasteiger partial charge in [-0.2, -0.15) is 0 Å². The third kappa shape index (κ3) is 2.80. The van der Waals surface area contributed by atoms with E-state index in [9.17, 15) is 0 Å². The molecule has 0 aliphatic heterocycles. The van der Waals surface area contributed by atoms with Crippen LogP contribution in [-0.2, 0) is 13.0 Å². The number of fused-ring (bicyclic) bond motifs is 3. The van der Waals surface area contributed by atoms with Crippen LogP contribution in [0.2, 0.25) is 0 Å². The summed E-state index contributed by atoms with van der Waals surface area (Å²) >= 11 is 1.70. The third-order valence-corrected chi connectivity index (χ3v) is 5.19. The van der Waals surface area contributed by atoms with Gasteiger partial charge in [0.1, 0.15) is 29.3 Å². The summed E-state index contributed by atoms with van der Waals surface area (Å²) in [4.78, 5) is 11.5. The normalized spacial score (nSPS) is 11.3. The van der Waals surface area contributed by atoms with Gasteiger partial charge >= 0.3 is 0 Å². The average Bonchev–Trinajstić information content (AvgIpc) is 3.19. The average molecular weight is 354 g/mol. The van der Waals surface area contributed by atoms with E-state index in [4.69, 9.17) is 9.47 Å². The molecule has 0 fully saturated rings. The van der Waals surface area contributed by atoms with Crippen molar-refractivity contribution in [3.05, 3.63) is 46.9 Å². The van der Waals surface area contributed by atoms with Crippen molar-refractivity contribution in [2.24, 2.45) is 0 Å². The number of ether oxygens (including phenoxy) is 2. The van der Waals surface area contributed by atoms with Gasteiger partial charge < -0.3 is 9.47 Å². The smallest absolute Gasteiger partial charge is 0.189 e. The highest BCUT2D eigenvalue weighted by Crippen LogP contribution is 2.32. The summed E-state index contributed by atoms with van der Waals surface area (Å²) in [5.74, 6) is 2.11. The fourth-order valence-electron chi connectivity index (χ4n) is 2.94. The van der Waals surface area contributed by atoms with Gasteiger partial charge in [-0.3, -0.25) is 0 Å². The van der Waals surface area contributed by atoms with E-state index in [-0.39, 0.29) is 0 Å². The lowest BCUT2D eigenvalue weighted by Gasteiger charge is -2.05. The second kappa shape index (κ2) is 6.33. The van der Waals surface area contributed by atoms with Crippen molar-refractivity contribution < 1.29 is 9.47 Å². The summed E-state index contributed by atoms with van der Waals surface area (Å²) in [6.07, 6.45) is 2.67. The van der Waals surface area contributed by atoms with Gasteiger partial charge in [-0.15, -0.1) is 16.4 Å². The molecule has 0 radical (unpaired) electrons. The highest BCUT2D eigenvalue weighted by atomic mass is 32.1. The summed E-state index contributed by atoms with van der Waals surface area (Å²) in [6, 6.07) is 7.49. The van der Waals surface area contributed by atoms with Gasteiger partial charge in [0.25, 0.3) is 0 Å². The fourth-order valence-corrected chi connectivity index (χ4v) is 4.01. The highest BCUT2D eigenvalue weighted by molar-refractivity contribution is 7.18. The largest absolute Gasteiger partial charge is 0.497 e. The zero-order valence-electron chi connectivity index (χ0n) is 14.3. The van der Waals surface area contributed by atoms with Gasteiger partial charge in [-0.25, -0.2) is 14.5 Å². The minimum atomic E-state index is 0.293. The minimum Gasteiger partial charge on any atom is -0.497 e. The summed E-state index contributed by atoms with van der Waals surface area (Å²) in [6.45, 7) is 4.58. The Hall–Kier alpha value is -2.67. The van der Waals surface area contributed by atoms with E-state index in [0.29, 0.717) is 12.4 Å². The second-order valence-corrected chi connectivity index (χ2v) is 6.88. The van der Waals surface area contributed by atoms with Crippen LogP contribution in [0.5, 0.6) is 11.5 Å². The van der Waals surface area contributed by atoms with Crippen LogP contribution in [0.25, 0.3) is 15.9 Å². The molecule has 0 bridgehead atoms. The van der Waals surface area contributed by atoms with Crippen molar-refractivity contribution in [3.63, 3.8) is 0 Å². The van der Waals surface area contributed by atoms with E-state index in [1.165, 1.54) is 10.4 Å². The van der Waals surface area contributed by atoms with Crippen LogP contribution >= 0.6 is 11.3 Å². The first kappa shape index (κ1) is 15.8. The minimum absolute atomic E-state index is 0.293. The van der Waals surface area contributed by atoms with E-state index < -0.39 is 0 Å². The molecule has 7 heteroatoms. The fraction of sp³-hybridized carbons (Fsp3) is 0.278. The molecule has 0 N–H and O–H groups in total. The number of hydrogen-bond donors (Lipinski definition) is 0. The van der Waals surface area contributed by atoms with Crippen molar-refractivity contribution >= 4 is 27.2 Å². The summed E-state index contributed by atoms with van der Waals surface area (Å²) < 4.78 is 12.7. The third-order valence-electron chi connectivity index (χ3n) is 4.14. The quantitative estimate of drug-likeness (QED) is 0.545. The Morgan fingerprint density at radius 2 is 2.08 bits per heavy atom. The lowest BCUT2D eigenvalue weighted by Crippen LogP contribution is -1.98. The molecule has 0 saturated heterocycles. The molecule has 4 rings (SSSR count). The molecule has 0 atom stereocenters. The monoisotopic (exact) mass is 354 g/mol. The molecule has 25 heavy (non-hydrogen) atoms. The molecule has 0 saturated carbocycles. The number of hydrogen-bond acceptors (Lipinski definition) is 6. The molecule has 4 aromatic rings. The summed E-state index contributed by atoms with van der Waals surface area (Å²) in [5, 5.41) is 5.60. The molecule has 0 aliphatic carbocycles. The lowest BCUT2D eigenvalue weighted by atomic mass is 10.1. The molecule has 1 aromatic carbocycles. The van der Waals surface area contributed by atoms with Crippen molar-refractivity contribution in [3.8, 4) is 11.5 Å². The standard InChI is InChI=1S/C18H18N4O2S/c1-4-14-11(2)25-18-16(14)17-20-15(21-22(17)10-19-18)9-24-13-7-5-6-12(8-13)23-3/h5-8,10H,4,9H2,1-3H3. The molecule has 0 amide bonds. The van der Waals surface area contributed by atoms with Crippen molar-refractivity contribution in [1.29, 1.82) is 0 Å². The molecular weight excluding hydrogens is 336 g/mol. The zero-order valence-corrected chi connectivity index (χ0v) is 15.1. The van der Waals surface area contributed by atoms with Gasteiger partial charge in [0.15, 0.2) is 11.5 Å². The zero-order chi connectivity index (χ0) is 17.4. The summed E-state index contributed by atoms with van der Waals surface area (Å²) in [5.41, 5.74) is 2.14. The van der Waals surface area contributed by atoms with E-state index in [0.717, 1.165) is 33.8 Å². The number of thiophene rings is 1. The molecule has 3 heterocycles. The van der Waals surface area contributed by atoms with Gasteiger partial charge in [0.05, 0.1) is 12.5 Å². The molecule has 3 aromatic heterocycles. The Bertz CT molecular complexity index is 1050.